The van der Waals surface area contributed by atoms with Crippen LogP contribution in [-0.4, -0.2) is 31.7 Å². The van der Waals surface area contributed by atoms with Gasteiger partial charge in [0.1, 0.15) is 11.6 Å². The summed E-state index contributed by atoms with van der Waals surface area (Å²) >= 11 is 0. The summed E-state index contributed by atoms with van der Waals surface area (Å²) in [6.07, 6.45) is -1.55. The number of hydrogen-bond donors (Lipinski definition) is 1. The summed E-state index contributed by atoms with van der Waals surface area (Å²) in [6.45, 7) is 4.44. The van der Waals surface area contributed by atoms with Gasteiger partial charge in [-0.25, -0.2) is 0 Å². The number of nitrogens with one attached hydrogen (secondary N) is 1. The van der Waals surface area contributed by atoms with Crippen LogP contribution in [0.15, 0.2) is 18.5 Å². The number of pyridine rings is 1. The monoisotopic (exact) mass is 353 g/mol. The maximum absolute atomic E-state index is 13.0. The van der Waals surface area contributed by atoms with Crippen LogP contribution in [0.2, 0.25) is 0 Å². The molecule has 0 aliphatic carbocycles. The van der Waals surface area contributed by atoms with Crippen LogP contribution in [0.1, 0.15) is 53.8 Å². The van der Waals surface area contributed by atoms with E-state index in [0.717, 1.165) is 17.7 Å². The minimum absolute atomic E-state index is 0.174. The van der Waals surface area contributed by atoms with Crippen LogP contribution < -0.4 is 5.32 Å². The highest BCUT2D eigenvalue weighted by atomic mass is 19.4. The van der Waals surface area contributed by atoms with Crippen LogP contribution in [0.25, 0.3) is 0 Å². The summed E-state index contributed by atoms with van der Waals surface area (Å²) < 4.78 is 41.1. The van der Waals surface area contributed by atoms with E-state index in [1.165, 1.54) is 6.20 Å². The molecule has 6 nitrogen and oxygen atoms in total. The number of amides is 1. The van der Waals surface area contributed by atoms with Crippen molar-refractivity contribution in [2.24, 2.45) is 0 Å². The van der Waals surface area contributed by atoms with Crippen molar-refractivity contribution >= 4 is 5.91 Å². The van der Waals surface area contributed by atoms with Crippen LogP contribution in [-0.2, 0) is 19.1 Å². The fourth-order valence-corrected chi connectivity index (χ4v) is 2.97. The lowest BCUT2D eigenvalue weighted by atomic mass is 10.0. The topological polar surface area (TPSA) is 72.7 Å². The molecule has 0 bridgehead atoms. The van der Waals surface area contributed by atoms with Crippen molar-refractivity contribution in [2.75, 3.05) is 0 Å². The predicted molar refractivity (Wildman–Crippen MR) is 82.9 cm³/mol. The number of carbonyl (C=O) groups excluding carboxylic acids is 1. The average Bonchev–Trinajstić information content (AvgIpc) is 2.97. The van der Waals surface area contributed by atoms with E-state index in [9.17, 15) is 18.0 Å². The van der Waals surface area contributed by atoms with Gasteiger partial charge in [0.05, 0.1) is 11.1 Å². The minimum atomic E-state index is -4.63. The second-order valence-electron chi connectivity index (χ2n) is 6.37. The molecule has 2 aromatic rings. The standard InChI is InChI=1S/C16H18F3N5O/c1-9(2)14-23-22-13-4-3-10(8-24(13)14)21-15(25)11-5-6-20-7-12(11)16(17,18)19/h5-7,9-10H,3-4,8H2,1-2H3,(H,21,25). The van der Waals surface area contributed by atoms with Crippen molar-refractivity contribution in [3.63, 3.8) is 0 Å². The molecular weight excluding hydrogens is 335 g/mol. The predicted octanol–water partition coefficient (Wildman–Crippen LogP) is 2.56. The molecular formula is C16H18F3N5O. The molecule has 0 radical (unpaired) electrons. The van der Waals surface area contributed by atoms with Crippen molar-refractivity contribution in [1.82, 2.24) is 25.1 Å². The highest BCUT2D eigenvalue weighted by molar-refractivity contribution is 5.95. The summed E-state index contributed by atoms with van der Waals surface area (Å²) in [6, 6.07) is 0.813. The van der Waals surface area contributed by atoms with Gasteiger partial charge in [-0.05, 0) is 12.5 Å². The molecule has 1 N–H and O–H groups in total. The average molecular weight is 353 g/mol. The quantitative estimate of drug-likeness (QED) is 0.920. The molecule has 0 saturated carbocycles. The number of hydrogen-bond acceptors (Lipinski definition) is 4. The van der Waals surface area contributed by atoms with Gasteiger partial charge in [-0.1, -0.05) is 13.8 Å². The first kappa shape index (κ1) is 17.4. The molecule has 0 saturated heterocycles. The van der Waals surface area contributed by atoms with Gasteiger partial charge in [-0.2, -0.15) is 13.2 Å². The van der Waals surface area contributed by atoms with Crippen molar-refractivity contribution in [2.45, 2.75) is 51.4 Å². The molecule has 1 aliphatic rings. The van der Waals surface area contributed by atoms with Crippen LogP contribution in [0, 0.1) is 0 Å². The lowest BCUT2D eigenvalue weighted by Gasteiger charge is -2.26. The van der Waals surface area contributed by atoms with Crippen LogP contribution >= 0.6 is 0 Å². The van der Waals surface area contributed by atoms with Gasteiger partial charge >= 0.3 is 6.18 Å². The van der Waals surface area contributed by atoms with Crippen LogP contribution in [0.5, 0.6) is 0 Å². The molecule has 9 heteroatoms. The normalized spacial score (nSPS) is 17.4. The molecule has 0 aromatic carbocycles. The summed E-state index contributed by atoms with van der Waals surface area (Å²) in [5, 5.41) is 11.0. The summed E-state index contributed by atoms with van der Waals surface area (Å²) in [5.74, 6) is 1.08. The first-order valence-electron chi connectivity index (χ1n) is 8.01. The number of fused-ring (bicyclic) bond motifs is 1. The number of carbonyl (C=O) groups is 1. The molecule has 1 unspecified atom stereocenters. The SMILES string of the molecule is CC(C)c1nnc2n1CC(NC(=O)c1ccncc1C(F)(F)F)CC2. The highest BCUT2D eigenvalue weighted by Crippen LogP contribution is 2.31. The largest absolute Gasteiger partial charge is 0.418 e. The Morgan fingerprint density at radius 1 is 1.36 bits per heavy atom. The number of alkyl halides is 3. The Kier molecular flexibility index (Phi) is 4.49. The van der Waals surface area contributed by atoms with Gasteiger partial charge < -0.3 is 9.88 Å². The van der Waals surface area contributed by atoms with E-state index in [4.69, 9.17) is 0 Å². The highest BCUT2D eigenvalue weighted by Gasteiger charge is 2.36. The second kappa shape index (κ2) is 6.45. The van der Waals surface area contributed by atoms with E-state index in [0.29, 0.717) is 25.6 Å². The maximum Gasteiger partial charge on any atom is 0.418 e. The van der Waals surface area contributed by atoms with Crippen molar-refractivity contribution < 1.29 is 18.0 Å². The van der Waals surface area contributed by atoms with Gasteiger partial charge in [0.25, 0.3) is 5.91 Å². The molecule has 1 atom stereocenters. The van der Waals surface area contributed by atoms with Gasteiger partial charge in [0.2, 0.25) is 0 Å². The third-order valence-electron chi connectivity index (χ3n) is 4.20. The van der Waals surface area contributed by atoms with Gasteiger partial charge in [-0.15, -0.1) is 10.2 Å². The fraction of sp³-hybridized carbons (Fsp3) is 0.500. The molecule has 3 heterocycles. The Labute approximate surface area is 142 Å². The Hall–Kier alpha value is -2.45. The summed E-state index contributed by atoms with van der Waals surface area (Å²) in [4.78, 5) is 15.8. The van der Waals surface area contributed by atoms with E-state index in [2.05, 4.69) is 20.5 Å². The van der Waals surface area contributed by atoms with Gasteiger partial charge in [-0.3, -0.25) is 9.78 Å². The Bertz CT molecular complexity index is 784. The molecule has 0 fully saturated rings. The zero-order valence-corrected chi connectivity index (χ0v) is 13.8. The van der Waals surface area contributed by atoms with E-state index >= 15 is 0 Å². The molecule has 134 valence electrons. The molecule has 1 aliphatic heterocycles. The summed E-state index contributed by atoms with van der Waals surface area (Å²) in [5.41, 5.74) is -1.45. The van der Waals surface area contributed by atoms with E-state index < -0.39 is 23.2 Å². The first-order valence-corrected chi connectivity index (χ1v) is 8.01. The second-order valence-corrected chi connectivity index (χ2v) is 6.37. The lowest BCUT2D eigenvalue weighted by Crippen LogP contribution is -2.42. The molecule has 3 rings (SSSR count). The summed E-state index contributed by atoms with van der Waals surface area (Å²) in [7, 11) is 0. The zero-order chi connectivity index (χ0) is 18.2. The Morgan fingerprint density at radius 2 is 2.12 bits per heavy atom. The Balaban J connectivity index is 1.78. The maximum atomic E-state index is 13.0. The third-order valence-corrected chi connectivity index (χ3v) is 4.20. The van der Waals surface area contributed by atoms with E-state index in [1.54, 1.807) is 0 Å². The number of rotatable bonds is 3. The minimum Gasteiger partial charge on any atom is -0.347 e. The van der Waals surface area contributed by atoms with Crippen LogP contribution in [0.3, 0.4) is 0 Å². The number of halogens is 3. The molecule has 2 aromatic heterocycles. The number of nitrogens with zero attached hydrogens (tertiary/aromatic N) is 4. The van der Waals surface area contributed by atoms with E-state index in [-0.39, 0.29) is 12.0 Å². The van der Waals surface area contributed by atoms with Gasteiger partial charge in [0, 0.05) is 37.3 Å². The molecule has 25 heavy (non-hydrogen) atoms. The van der Waals surface area contributed by atoms with Gasteiger partial charge in [0.15, 0.2) is 0 Å². The smallest absolute Gasteiger partial charge is 0.347 e. The zero-order valence-electron chi connectivity index (χ0n) is 13.8. The van der Waals surface area contributed by atoms with Crippen molar-refractivity contribution in [3.05, 3.63) is 41.2 Å². The van der Waals surface area contributed by atoms with E-state index in [1.807, 2.05) is 18.4 Å². The molecule has 1 amide bonds. The number of aromatic nitrogens is 4. The lowest BCUT2D eigenvalue weighted by molar-refractivity contribution is -0.138. The van der Waals surface area contributed by atoms with Crippen molar-refractivity contribution in [1.29, 1.82) is 0 Å². The van der Waals surface area contributed by atoms with Crippen molar-refractivity contribution in [3.8, 4) is 0 Å². The van der Waals surface area contributed by atoms with Crippen LogP contribution in [0.4, 0.5) is 13.2 Å². The first-order chi connectivity index (χ1) is 11.8. The third kappa shape index (κ3) is 3.49. The molecule has 0 spiro atoms. The Morgan fingerprint density at radius 3 is 2.80 bits per heavy atom. The fourth-order valence-electron chi connectivity index (χ4n) is 2.97. The number of aryl methyl sites for hydroxylation is 1.